The zero-order valence-electron chi connectivity index (χ0n) is 8.96. The van der Waals surface area contributed by atoms with E-state index in [1.54, 1.807) is 0 Å². The summed E-state index contributed by atoms with van der Waals surface area (Å²) in [6.45, 7) is 4.40. The van der Waals surface area contributed by atoms with E-state index in [9.17, 15) is 5.11 Å². The van der Waals surface area contributed by atoms with E-state index in [0.29, 0.717) is 13.2 Å². The molecule has 2 rings (SSSR count). The first-order chi connectivity index (χ1) is 6.71. The van der Waals surface area contributed by atoms with Gasteiger partial charge in [0.1, 0.15) is 5.60 Å². The van der Waals surface area contributed by atoms with E-state index in [2.05, 4.69) is 5.32 Å². The van der Waals surface area contributed by atoms with Crippen LogP contribution in [0.2, 0.25) is 0 Å². The summed E-state index contributed by atoms with van der Waals surface area (Å²) in [7, 11) is 0. The smallest absolute Gasteiger partial charge is 0.105 e. The highest BCUT2D eigenvalue weighted by Gasteiger charge is 2.39. The molecular formula is C11H21NO2. The minimum atomic E-state index is -0.621. The monoisotopic (exact) mass is 199 g/mol. The van der Waals surface area contributed by atoms with Crippen LogP contribution in [-0.4, -0.2) is 36.5 Å². The van der Waals surface area contributed by atoms with E-state index in [-0.39, 0.29) is 6.10 Å². The van der Waals surface area contributed by atoms with Crippen molar-refractivity contribution in [3.05, 3.63) is 0 Å². The summed E-state index contributed by atoms with van der Waals surface area (Å²) in [5.74, 6) is 0.858. The Balaban J connectivity index is 1.67. The lowest BCUT2D eigenvalue weighted by atomic mass is 9.85. The van der Waals surface area contributed by atoms with E-state index in [4.69, 9.17) is 4.74 Å². The minimum absolute atomic E-state index is 0.0172. The van der Waals surface area contributed by atoms with Crippen LogP contribution in [-0.2, 0) is 4.74 Å². The number of hydrogen-bond donors (Lipinski definition) is 2. The molecule has 1 saturated carbocycles. The molecule has 0 amide bonds. The largest absolute Gasteiger partial charge is 0.386 e. The van der Waals surface area contributed by atoms with Crippen LogP contribution < -0.4 is 5.32 Å². The third-order valence-electron chi connectivity index (χ3n) is 3.75. The van der Waals surface area contributed by atoms with Crippen LogP contribution >= 0.6 is 0 Å². The fourth-order valence-electron chi connectivity index (χ4n) is 2.19. The van der Waals surface area contributed by atoms with Crippen LogP contribution in [0.3, 0.4) is 0 Å². The first-order valence-electron chi connectivity index (χ1n) is 5.75. The van der Waals surface area contributed by atoms with Crippen molar-refractivity contribution in [2.75, 3.05) is 19.7 Å². The Hall–Kier alpha value is -0.120. The van der Waals surface area contributed by atoms with Gasteiger partial charge in [0.25, 0.3) is 0 Å². The molecule has 1 heterocycles. The van der Waals surface area contributed by atoms with Gasteiger partial charge < -0.3 is 15.2 Å². The summed E-state index contributed by atoms with van der Waals surface area (Å²) in [6.07, 6.45) is 4.85. The van der Waals surface area contributed by atoms with Crippen molar-refractivity contribution < 1.29 is 9.84 Å². The van der Waals surface area contributed by atoms with Gasteiger partial charge in [0, 0.05) is 19.6 Å². The van der Waals surface area contributed by atoms with Crippen molar-refractivity contribution in [1.82, 2.24) is 5.32 Å². The molecule has 0 spiro atoms. The lowest BCUT2D eigenvalue weighted by Crippen LogP contribution is -2.47. The van der Waals surface area contributed by atoms with E-state index in [1.807, 2.05) is 6.92 Å². The Kier molecular flexibility index (Phi) is 3.10. The highest BCUT2D eigenvalue weighted by Crippen LogP contribution is 2.27. The standard InChI is InChI=1S/C11H21NO2/c1-9-11(13,5-6-14-9)8-12-7-10-3-2-4-10/h9-10,12-13H,2-8H2,1H3. The summed E-state index contributed by atoms with van der Waals surface area (Å²) >= 11 is 0. The zero-order chi connectivity index (χ0) is 10.0. The van der Waals surface area contributed by atoms with Crippen molar-refractivity contribution >= 4 is 0 Å². The van der Waals surface area contributed by atoms with Gasteiger partial charge in [-0.05, 0) is 32.2 Å². The number of ether oxygens (including phenoxy) is 1. The number of hydrogen-bond acceptors (Lipinski definition) is 3. The second-order valence-corrected chi connectivity index (χ2v) is 4.79. The van der Waals surface area contributed by atoms with Crippen LogP contribution in [0.15, 0.2) is 0 Å². The van der Waals surface area contributed by atoms with E-state index < -0.39 is 5.60 Å². The maximum atomic E-state index is 10.2. The van der Waals surface area contributed by atoms with Crippen LogP contribution in [0.5, 0.6) is 0 Å². The van der Waals surface area contributed by atoms with Crippen molar-refractivity contribution in [2.24, 2.45) is 5.92 Å². The van der Waals surface area contributed by atoms with Gasteiger partial charge in [-0.3, -0.25) is 0 Å². The predicted octanol–water partition coefficient (Wildman–Crippen LogP) is 0.916. The fraction of sp³-hybridized carbons (Fsp3) is 1.00. The zero-order valence-corrected chi connectivity index (χ0v) is 8.96. The summed E-state index contributed by atoms with van der Waals surface area (Å²) < 4.78 is 5.38. The van der Waals surface area contributed by atoms with Crippen LogP contribution in [0.4, 0.5) is 0 Å². The molecule has 2 aliphatic rings. The summed E-state index contributed by atoms with van der Waals surface area (Å²) in [6, 6.07) is 0. The molecule has 0 bridgehead atoms. The second kappa shape index (κ2) is 4.17. The highest BCUT2D eigenvalue weighted by atomic mass is 16.5. The normalized spacial score (nSPS) is 38.6. The molecule has 0 aromatic rings. The maximum absolute atomic E-state index is 10.2. The van der Waals surface area contributed by atoms with Gasteiger partial charge in [0.15, 0.2) is 0 Å². The summed E-state index contributed by atoms with van der Waals surface area (Å²) in [4.78, 5) is 0. The molecular weight excluding hydrogens is 178 g/mol. The van der Waals surface area contributed by atoms with Crippen molar-refractivity contribution in [3.63, 3.8) is 0 Å². The molecule has 2 unspecified atom stereocenters. The van der Waals surface area contributed by atoms with Gasteiger partial charge in [-0.15, -0.1) is 0 Å². The van der Waals surface area contributed by atoms with Crippen molar-refractivity contribution in [1.29, 1.82) is 0 Å². The molecule has 82 valence electrons. The summed E-state index contributed by atoms with van der Waals surface area (Å²) in [5, 5.41) is 13.5. The van der Waals surface area contributed by atoms with Gasteiger partial charge in [-0.25, -0.2) is 0 Å². The average molecular weight is 199 g/mol. The molecule has 14 heavy (non-hydrogen) atoms. The van der Waals surface area contributed by atoms with Gasteiger partial charge in [0.05, 0.1) is 6.10 Å². The minimum Gasteiger partial charge on any atom is -0.386 e. The van der Waals surface area contributed by atoms with E-state index >= 15 is 0 Å². The highest BCUT2D eigenvalue weighted by molar-refractivity contribution is 4.91. The van der Waals surface area contributed by atoms with Crippen LogP contribution in [0, 0.1) is 5.92 Å². The van der Waals surface area contributed by atoms with E-state index in [0.717, 1.165) is 18.9 Å². The van der Waals surface area contributed by atoms with Gasteiger partial charge >= 0.3 is 0 Å². The van der Waals surface area contributed by atoms with Gasteiger partial charge in [-0.2, -0.15) is 0 Å². The average Bonchev–Trinajstić information content (AvgIpc) is 2.39. The number of nitrogens with one attached hydrogen (secondary N) is 1. The molecule has 3 heteroatoms. The third-order valence-corrected chi connectivity index (χ3v) is 3.75. The van der Waals surface area contributed by atoms with Gasteiger partial charge in [0.2, 0.25) is 0 Å². The molecule has 1 aliphatic heterocycles. The molecule has 1 aliphatic carbocycles. The lowest BCUT2D eigenvalue weighted by molar-refractivity contribution is -0.0269. The molecule has 2 atom stereocenters. The van der Waals surface area contributed by atoms with E-state index in [1.165, 1.54) is 19.3 Å². The Morgan fingerprint density at radius 1 is 1.50 bits per heavy atom. The molecule has 0 aromatic heterocycles. The first-order valence-corrected chi connectivity index (χ1v) is 5.75. The molecule has 0 radical (unpaired) electrons. The topological polar surface area (TPSA) is 41.5 Å². The Morgan fingerprint density at radius 3 is 2.79 bits per heavy atom. The summed E-state index contributed by atoms with van der Waals surface area (Å²) in [5.41, 5.74) is -0.621. The van der Waals surface area contributed by atoms with Crippen molar-refractivity contribution in [3.8, 4) is 0 Å². The number of aliphatic hydroxyl groups is 1. The Morgan fingerprint density at radius 2 is 2.29 bits per heavy atom. The fourth-order valence-corrected chi connectivity index (χ4v) is 2.19. The molecule has 0 aromatic carbocycles. The Labute approximate surface area is 85.8 Å². The second-order valence-electron chi connectivity index (χ2n) is 4.79. The molecule has 2 fully saturated rings. The molecule has 2 N–H and O–H groups in total. The molecule has 3 nitrogen and oxygen atoms in total. The maximum Gasteiger partial charge on any atom is 0.105 e. The van der Waals surface area contributed by atoms with Gasteiger partial charge in [-0.1, -0.05) is 6.42 Å². The SMILES string of the molecule is CC1OCCC1(O)CNCC1CCC1. The Bertz CT molecular complexity index is 194. The third kappa shape index (κ3) is 2.10. The first kappa shape index (κ1) is 10.4. The molecule has 1 saturated heterocycles. The quantitative estimate of drug-likeness (QED) is 0.707. The number of rotatable bonds is 4. The lowest BCUT2D eigenvalue weighted by Gasteiger charge is -2.30. The van der Waals surface area contributed by atoms with Crippen molar-refractivity contribution in [2.45, 2.75) is 44.3 Å². The van der Waals surface area contributed by atoms with Crippen LogP contribution in [0.25, 0.3) is 0 Å². The predicted molar refractivity (Wildman–Crippen MR) is 55.2 cm³/mol. The van der Waals surface area contributed by atoms with Crippen LogP contribution in [0.1, 0.15) is 32.6 Å².